The van der Waals surface area contributed by atoms with Gasteiger partial charge in [-0.1, -0.05) is 47.5 Å². The molecule has 3 aromatic carbocycles. The molecule has 1 aromatic heterocycles. The number of imidazole rings is 1. The van der Waals surface area contributed by atoms with Crippen molar-refractivity contribution in [1.82, 2.24) is 9.55 Å². The van der Waals surface area contributed by atoms with Crippen LogP contribution in [0.2, 0.25) is 10.0 Å². The highest BCUT2D eigenvalue weighted by atomic mass is 35.5. The second-order valence-electron chi connectivity index (χ2n) is 7.43. The summed E-state index contributed by atoms with van der Waals surface area (Å²) in [6.07, 6.45) is 0.850. The maximum atomic E-state index is 6.25. The van der Waals surface area contributed by atoms with Gasteiger partial charge in [-0.15, -0.1) is 0 Å². The van der Waals surface area contributed by atoms with E-state index in [1.54, 1.807) is 18.2 Å². The smallest absolute Gasteiger partial charge is 0.148 e. The number of benzene rings is 3. The molecule has 1 heterocycles. The van der Waals surface area contributed by atoms with E-state index in [0.717, 1.165) is 35.6 Å². The second kappa shape index (κ2) is 9.63. The quantitative estimate of drug-likeness (QED) is 0.268. The van der Waals surface area contributed by atoms with E-state index in [2.05, 4.69) is 30.5 Å². The minimum Gasteiger partial charge on any atom is -0.493 e. The summed E-state index contributed by atoms with van der Waals surface area (Å²) >= 11 is 12.2. The lowest BCUT2D eigenvalue weighted by atomic mass is 10.1. The summed E-state index contributed by atoms with van der Waals surface area (Å²) < 4.78 is 14.2. The van der Waals surface area contributed by atoms with Crippen LogP contribution in [-0.4, -0.2) is 16.2 Å². The fourth-order valence-electron chi connectivity index (χ4n) is 3.50. The number of hydrogen-bond donors (Lipinski definition) is 0. The Kier molecular flexibility index (Phi) is 6.69. The number of nitrogens with zero attached hydrogens (tertiary/aromatic N) is 2. The van der Waals surface area contributed by atoms with Gasteiger partial charge in [-0.05, 0) is 67.8 Å². The van der Waals surface area contributed by atoms with Gasteiger partial charge in [0.2, 0.25) is 0 Å². The van der Waals surface area contributed by atoms with E-state index in [1.807, 2.05) is 30.3 Å². The van der Waals surface area contributed by atoms with E-state index in [9.17, 15) is 0 Å². The molecule has 6 heteroatoms. The van der Waals surface area contributed by atoms with E-state index in [-0.39, 0.29) is 0 Å². The first kappa shape index (κ1) is 21.5. The van der Waals surface area contributed by atoms with Gasteiger partial charge in [0.1, 0.15) is 23.9 Å². The van der Waals surface area contributed by atoms with Gasteiger partial charge in [0.15, 0.2) is 0 Å². The number of ether oxygens (including phenoxy) is 2. The van der Waals surface area contributed by atoms with Crippen molar-refractivity contribution in [2.45, 2.75) is 33.4 Å². The first-order valence-electron chi connectivity index (χ1n) is 10.2. The van der Waals surface area contributed by atoms with Crippen LogP contribution in [0.3, 0.4) is 0 Å². The Hall–Kier alpha value is -2.69. The highest BCUT2D eigenvalue weighted by Gasteiger charge is 2.12. The fraction of sp³-hybridized carbons (Fsp3) is 0.240. The third-order valence-electron chi connectivity index (χ3n) is 5.32. The fourth-order valence-corrected chi connectivity index (χ4v) is 3.97. The highest BCUT2D eigenvalue weighted by molar-refractivity contribution is 6.35. The van der Waals surface area contributed by atoms with Gasteiger partial charge >= 0.3 is 0 Å². The predicted octanol–water partition coefficient (Wildman–Crippen LogP) is 7.01. The molecule has 0 saturated heterocycles. The molecule has 0 radical (unpaired) electrons. The number of fused-ring (bicyclic) bond motifs is 1. The number of aromatic nitrogens is 2. The average molecular weight is 455 g/mol. The molecular formula is C25H24Cl2N2O2. The molecule has 31 heavy (non-hydrogen) atoms. The maximum Gasteiger partial charge on any atom is 0.148 e. The van der Waals surface area contributed by atoms with Crippen LogP contribution < -0.4 is 9.47 Å². The lowest BCUT2D eigenvalue weighted by Gasteiger charge is -2.13. The minimum absolute atomic E-state index is 0.313. The topological polar surface area (TPSA) is 36.3 Å². The number of hydrogen-bond acceptors (Lipinski definition) is 3. The summed E-state index contributed by atoms with van der Waals surface area (Å²) in [6, 6.07) is 19.4. The summed E-state index contributed by atoms with van der Waals surface area (Å²) in [4.78, 5) is 4.77. The van der Waals surface area contributed by atoms with Crippen LogP contribution in [-0.2, 0) is 13.2 Å². The number of halogens is 2. The largest absolute Gasteiger partial charge is 0.493 e. The second-order valence-corrected chi connectivity index (χ2v) is 8.28. The van der Waals surface area contributed by atoms with Crippen molar-refractivity contribution in [2.24, 2.45) is 0 Å². The monoisotopic (exact) mass is 454 g/mol. The van der Waals surface area contributed by atoms with Crippen molar-refractivity contribution in [3.05, 3.63) is 87.7 Å². The molecule has 4 rings (SSSR count). The molecule has 0 aliphatic rings. The molecule has 0 spiro atoms. The number of para-hydroxylation sites is 2. The van der Waals surface area contributed by atoms with E-state index in [4.69, 9.17) is 37.7 Å². The summed E-state index contributed by atoms with van der Waals surface area (Å²) in [5.74, 6) is 2.37. The van der Waals surface area contributed by atoms with Gasteiger partial charge in [0.05, 0.1) is 22.7 Å². The number of aryl methyl sites for hydroxylation is 2. The van der Waals surface area contributed by atoms with Gasteiger partial charge in [-0.2, -0.15) is 0 Å². The van der Waals surface area contributed by atoms with E-state index < -0.39 is 0 Å². The molecule has 0 fully saturated rings. The first-order chi connectivity index (χ1) is 15.0. The van der Waals surface area contributed by atoms with Crippen molar-refractivity contribution in [2.75, 3.05) is 6.61 Å². The molecule has 0 aliphatic heterocycles. The SMILES string of the molecule is Cc1cccc(OCCCn2c(COc3ccc(Cl)cc3Cl)nc3ccccc32)c1C. The molecule has 0 N–H and O–H groups in total. The Bertz CT molecular complexity index is 1200. The van der Waals surface area contributed by atoms with Gasteiger partial charge in [0, 0.05) is 11.6 Å². The van der Waals surface area contributed by atoms with E-state index >= 15 is 0 Å². The zero-order chi connectivity index (χ0) is 21.8. The van der Waals surface area contributed by atoms with Gasteiger partial charge in [-0.25, -0.2) is 4.98 Å². The van der Waals surface area contributed by atoms with E-state index in [0.29, 0.717) is 29.0 Å². The Labute approximate surface area is 192 Å². The lowest BCUT2D eigenvalue weighted by molar-refractivity contribution is 0.280. The maximum absolute atomic E-state index is 6.25. The van der Waals surface area contributed by atoms with Crippen LogP contribution in [0.5, 0.6) is 11.5 Å². The molecule has 4 aromatic rings. The van der Waals surface area contributed by atoms with Crippen molar-refractivity contribution >= 4 is 34.2 Å². The molecule has 4 nitrogen and oxygen atoms in total. The number of rotatable bonds is 8. The van der Waals surface area contributed by atoms with Crippen molar-refractivity contribution < 1.29 is 9.47 Å². The normalized spacial score (nSPS) is 11.1. The molecule has 0 bridgehead atoms. The van der Waals surface area contributed by atoms with Crippen LogP contribution in [0, 0.1) is 13.8 Å². The molecule has 0 atom stereocenters. The minimum atomic E-state index is 0.313. The predicted molar refractivity (Wildman–Crippen MR) is 127 cm³/mol. The van der Waals surface area contributed by atoms with Crippen LogP contribution in [0.1, 0.15) is 23.4 Å². The van der Waals surface area contributed by atoms with Crippen LogP contribution in [0.15, 0.2) is 60.7 Å². The lowest BCUT2D eigenvalue weighted by Crippen LogP contribution is -2.10. The molecule has 0 unspecified atom stereocenters. The molecule has 160 valence electrons. The van der Waals surface area contributed by atoms with E-state index in [1.165, 1.54) is 11.1 Å². The Balaban J connectivity index is 1.46. The standard InChI is InChI=1S/C25H24Cl2N2O2/c1-17-7-5-10-23(18(17)2)30-14-6-13-29-22-9-4-3-8-21(22)28-25(29)16-31-24-12-11-19(26)15-20(24)27/h3-5,7-12,15H,6,13-14,16H2,1-2H3. The Morgan fingerprint density at radius 3 is 2.58 bits per heavy atom. The van der Waals surface area contributed by atoms with Gasteiger partial charge in [-0.3, -0.25) is 0 Å². The molecule has 0 amide bonds. The highest BCUT2D eigenvalue weighted by Crippen LogP contribution is 2.28. The molecule has 0 aliphatic carbocycles. The Morgan fingerprint density at radius 1 is 0.903 bits per heavy atom. The van der Waals surface area contributed by atoms with Crippen LogP contribution in [0.4, 0.5) is 0 Å². The summed E-state index contributed by atoms with van der Waals surface area (Å²) in [6.45, 7) is 5.90. The van der Waals surface area contributed by atoms with Crippen molar-refractivity contribution in [3.8, 4) is 11.5 Å². The van der Waals surface area contributed by atoms with Crippen molar-refractivity contribution in [3.63, 3.8) is 0 Å². The third-order valence-corrected chi connectivity index (χ3v) is 5.85. The summed E-state index contributed by atoms with van der Waals surface area (Å²) in [7, 11) is 0. The Morgan fingerprint density at radius 2 is 1.74 bits per heavy atom. The summed E-state index contributed by atoms with van der Waals surface area (Å²) in [5, 5.41) is 1.06. The molecule has 0 saturated carbocycles. The zero-order valence-corrected chi connectivity index (χ0v) is 19.1. The third kappa shape index (κ3) is 4.97. The van der Waals surface area contributed by atoms with Gasteiger partial charge < -0.3 is 14.0 Å². The summed E-state index contributed by atoms with van der Waals surface area (Å²) in [5.41, 5.74) is 4.44. The first-order valence-corrected chi connectivity index (χ1v) is 11.0. The zero-order valence-electron chi connectivity index (χ0n) is 17.6. The van der Waals surface area contributed by atoms with Crippen LogP contribution >= 0.6 is 23.2 Å². The van der Waals surface area contributed by atoms with Gasteiger partial charge in [0.25, 0.3) is 0 Å². The van der Waals surface area contributed by atoms with Crippen LogP contribution in [0.25, 0.3) is 11.0 Å². The average Bonchev–Trinajstić information content (AvgIpc) is 3.11. The van der Waals surface area contributed by atoms with Crippen molar-refractivity contribution in [1.29, 1.82) is 0 Å². The molecular weight excluding hydrogens is 431 g/mol.